The first-order chi connectivity index (χ1) is 15.3. The minimum absolute atomic E-state index is 1.12. The van der Waals surface area contributed by atoms with E-state index in [-0.39, 0.29) is 0 Å². The fourth-order valence-corrected chi connectivity index (χ4v) is 5.77. The van der Waals surface area contributed by atoms with Gasteiger partial charge in [0.1, 0.15) is 0 Å². The first kappa shape index (κ1) is 18.6. The molecule has 31 heavy (non-hydrogen) atoms. The van der Waals surface area contributed by atoms with Crippen LogP contribution in [0.5, 0.6) is 0 Å². The Morgan fingerprint density at radius 1 is 0.548 bits per heavy atom. The zero-order valence-electron chi connectivity index (χ0n) is 16.6. The van der Waals surface area contributed by atoms with Gasteiger partial charge >= 0.3 is 0 Å². The first-order valence-electron chi connectivity index (χ1n) is 10.2. The summed E-state index contributed by atoms with van der Waals surface area (Å²) < 4.78 is 3.73. The molecule has 3 heteroatoms. The fraction of sp³-hybridized carbons (Fsp3) is 0. The van der Waals surface area contributed by atoms with E-state index in [9.17, 15) is 0 Å². The Morgan fingerprint density at radius 2 is 1.35 bits per heavy atom. The Balaban J connectivity index is 1.61. The lowest BCUT2D eigenvalue weighted by Gasteiger charge is -2.27. The van der Waals surface area contributed by atoms with Crippen molar-refractivity contribution in [3.05, 3.63) is 114 Å². The van der Waals surface area contributed by atoms with E-state index in [0.29, 0.717) is 0 Å². The highest BCUT2D eigenvalue weighted by Gasteiger charge is 2.16. The number of hydrogen-bond donors (Lipinski definition) is 0. The molecule has 0 aliphatic carbocycles. The van der Waals surface area contributed by atoms with Crippen LogP contribution in [0.25, 0.3) is 30.9 Å². The number of benzene rings is 5. The summed E-state index contributed by atoms with van der Waals surface area (Å²) in [5, 5.41) is 5.09. The maximum Gasteiger partial charge on any atom is 0.0540 e. The maximum atomic E-state index is 3.62. The maximum absolute atomic E-state index is 3.62. The number of anilines is 3. The van der Waals surface area contributed by atoms with Crippen molar-refractivity contribution in [1.29, 1.82) is 0 Å². The molecule has 6 aromatic rings. The van der Waals surface area contributed by atoms with Crippen molar-refractivity contribution in [3.8, 4) is 0 Å². The van der Waals surface area contributed by atoms with Gasteiger partial charge in [-0.3, -0.25) is 0 Å². The van der Waals surface area contributed by atoms with Crippen molar-refractivity contribution in [2.75, 3.05) is 4.90 Å². The zero-order valence-corrected chi connectivity index (χ0v) is 19.0. The van der Waals surface area contributed by atoms with Crippen LogP contribution in [-0.4, -0.2) is 0 Å². The van der Waals surface area contributed by atoms with Crippen LogP contribution < -0.4 is 4.90 Å². The van der Waals surface area contributed by atoms with Gasteiger partial charge in [0.25, 0.3) is 0 Å². The number of hydrogen-bond acceptors (Lipinski definition) is 2. The molecule has 0 atom stereocenters. The van der Waals surface area contributed by atoms with Crippen molar-refractivity contribution in [1.82, 2.24) is 0 Å². The third-order valence-electron chi connectivity index (χ3n) is 5.70. The molecule has 0 N–H and O–H groups in total. The minimum atomic E-state index is 1.12. The van der Waals surface area contributed by atoms with Crippen LogP contribution in [0.3, 0.4) is 0 Å². The van der Waals surface area contributed by atoms with Crippen molar-refractivity contribution >= 4 is 75.3 Å². The summed E-state index contributed by atoms with van der Waals surface area (Å²) in [6.45, 7) is 0. The molecule has 0 unspecified atom stereocenters. The summed E-state index contributed by atoms with van der Waals surface area (Å²) in [4.78, 5) is 2.36. The average molecular weight is 480 g/mol. The molecule has 148 valence electrons. The van der Waals surface area contributed by atoms with E-state index in [1.165, 1.54) is 42.3 Å². The van der Waals surface area contributed by atoms with Crippen LogP contribution in [0.1, 0.15) is 0 Å². The zero-order chi connectivity index (χ0) is 20.8. The topological polar surface area (TPSA) is 3.24 Å². The predicted octanol–water partition coefficient (Wildman–Crippen LogP) is 9.44. The first-order valence-corrected chi connectivity index (χ1v) is 11.8. The molecule has 1 nitrogen and oxygen atoms in total. The van der Waals surface area contributed by atoms with Crippen molar-refractivity contribution in [2.45, 2.75) is 0 Å². The van der Waals surface area contributed by atoms with Gasteiger partial charge in [-0.2, -0.15) is 0 Å². The lowest BCUT2D eigenvalue weighted by atomic mass is 10.1. The molecule has 0 saturated heterocycles. The Kier molecular flexibility index (Phi) is 4.52. The smallest absolute Gasteiger partial charge is 0.0540 e. The molecule has 1 aromatic heterocycles. The van der Waals surface area contributed by atoms with Crippen LogP contribution in [0, 0.1) is 0 Å². The van der Waals surface area contributed by atoms with E-state index in [0.717, 1.165) is 10.2 Å². The van der Waals surface area contributed by atoms with Gasteiger partial charge in [0, 0.05) is 41.4 Å². The van der Waals surface area contributed by atoms with Gasteiger partial charge in [-0.25, -0.2) is 0 Å². The van der Waals surface area contributed by atoms with Crippen LogP contribution >= 0.6 is 27.3 Å². The summed E-state index contributed by atoms with van der Waals surface area (Å²) in [6, 6.07) is 39.1. The van der Waals surface area contributed by atoms with Crippen LogP contribution in [0.2, 0.25) is 0 Å². The van der Waals surface area contributed by atoms with E-state index in [1.807, 2.05) is 11.3 Å². The second-order valence-electron chi connectivity index (χ2n) is 7.59. The third-order valence-corrected chi connectivity index (χ3v) is 7.32. The molecule has 0 bridgehead atoms. The van der Waals surface area contributed by atoms with Gasteiger partial charge in [0.2, 0.25) is 0 Å². The highest BCUT2D eigenvalue weighted by Crippen LogP contribution is 2.42. The molecule has 0 saturated carbocycles. The number of para-hydroxylation sites is 1. The Labute approximate surface area is 193 Å². The summed E-state index contributed by atoms with van der Waals surface area (Å²) in [7, 11) is 0. The largest absolute Gasteiger partial charge is 0.310 e. The third kappa shape index (κ3) is 3.21. The SMILES string of the molecule is Brc1ccc2sc3cc(N(c4ccccc4)c4cccc5ccccc45)ccc3c2c1. The molecule has 0 amide bonds. The summed E-state index contributed by atoms with van der Waals surface area (Å²) in [5.74, 6) is 0. The van der Waals surface area contributed by atoms with Gasteiger partial charge < -0.3 is 4.90 Å². The Bertz CT molecular complexity index is 1550. The van der Waals surface area contributed by atoms with E-state index in [1.54, 1.807) is 0 Å². The number of rotatable bonds is 3. The number of fused-ring (bicyclic) bond motifs is 4. The van der Waals surface area contributed by atoms with Crippen molar-refractivity contribution in [2.24, 2.45) is 0 Å². The highest BCUT2D eigenvalue weighted by atomic mass is 79.9. The minimum Gasteiger partial charge on any atom is -0.310 e. The van der Waals surface area contributed by atoms with Gasteiger partial charge in [-0.05, 0) is 53.9 Å². The van der Waals surface area contributed by atoms with Crippen LogP contribution in [0.15, 0.2) is 114 Å². The van der Waals surface area contributed by atoms with Gasteiger partial charge in [0.15, 0.2) is 0 Å². The number of halogens is 1. The summed E-state index contributed by atoms with van der Waals surface area (Å²) in [6.07, 6.45) is 0. The Morgan fingerprint density at radius 3 is 2.26 bits per heavy atom. The molecule has 6 rings (SSSR count). The van der Waals surface area contributed by atoms with Crippen molar-refractivity contribution < 1.29 is 0 Å². The second-order valence-corrected chi connectivity index (χ2v) is 9.59. The molecular formula is C28H18BrNS. The van der Waals surface area contributed by atoms with Crippen LogP contribution in [-0.2, 0) is 0 Å². The molecule has 0 radical (unpaired) electrons. The van der Waals surface area contributed by atoms with E-state index in [2.05, 4.69) is 130 Å². The summed E-state index contributed by atoms with van der Waals surface area (Å²) in [5.41, 5.74) is 3.51. The molecule has 1 heterocycles. The lowest BCUT2D eigenvalue weighted by Crippen LogP contribution is -2.10. The highest BCUT2D eigenvalue weighted by molar-refractivity contribution is 9.10. The normalized spacial score (nSPS) is 11.4. The monoisotopic (exact) mass is 479 g/mol. The molecule has 0 fully saturated rings. The number of thiophene rings is 1. The average Bonchev–Trinajstić information content (AvgIpc) is 3.17. The van der Waals surface area contributed by atoms with E-state index < -0.39 is 0 Å². The Hall–Kier alpha value is -3.14. The lowest BCUT2D eigenvalue weighted by molar-refractivity contribution is 1.30. The quantitative estimate of drug-likeness (QED) is 0.244. The van der Waals surface area contributed by atoms with Crippen molar-refractivity contribution in [3.63, 3.8) is 0 Å². The van der Waals surface area contributed by atoms with E-state index in [4.69, 9.17) is 0 Å². The fourth-order valence-electron chi connectivity index (χ4n) is 4.28. The molecule has 5 aromatic carbocycles. The molecule has 0 aliphatic rings. The molecular weight excluding hydrogens is 462 g/mol. The van der Waals surface area contributed by atoms with Gasteiger partial charge in [0.05, 0.1) is 5.69 Å². The van der Waals surface area contributed by atoms with E-state index >= 15 is 0 Å². The van der Waals surface area contributed by atoms with Gasteiger partial charge in [-0.1, -0.05) is 76.6 Å². The summed E-state index contributed by atoms with van der Waals surface area (Å²) >= 11 is 5.47. The second kappa shape index (κ2) is 7.52. The standard InChI is InChI=1S/C28H18BrNS/c29-20-13-16-27-25(17-20)24-15-14-22(18-28(24)31-27)30(21-9-2-1-3-10-21)26-12-6-8-19-7-4-5-11-23(19)26/h1-18H. The number of nitrogens with zero attached hydrogens (tertiary/aromatic N) is 1. The molecule has 0 aliphatic heterocycles. The van der Waals surface area contributed by atoms with Gasteiger partial charge in [-0.15, -0.1) is 11.3 Å². The predicted molar refractivity (Wildman–Crippen MR) is 139 cm³/mol. The van der Waals surface area contributed by atoms with Crippen LogP contribution in [0.4, 0.5) is 17.1 Å². The molecule has 0 spiro atoms.